The molecule has 1 fully saturated rings. The second-order valence-corrected chi connectivity index (χ2v) is 3.66. The Morgan fingerprint density at radius 2 is 2.50 bits per heavy atom. The molecule has 2 heteroatoms. The standard InChI is InChI=1S/C10H17NO/c1-3-4-5-10(12)6-7-11-8-9(10)2/h1,9,11-12H,4-8H2,2H3. The lowest BCUT2D eigenvalue weighted by atomic mass is 9.80. The van der Waals surface area contributed by atoms with Crippen LogP contribution in [-0.4, -0.2) is 23.8 Å². The zero-order valence-electron chi connectivity index (χ0n) is 7.64. The molecule has 0 bridgehead atoms. The van der Waals surface area contributed by atoms with E-state index in [0.29, 0.717) is 12.3 Å². The molecule has 0 spiro atoms. The fourth-order valence-corrected chi connectivity index (χ4v) is 1.72. The van der Waals surface area contributed by atoms with Gasteiger partial charge in [0.2, 0.25) is 0 Å². The van der Waals surface area contributed by atoms with Gasteiger partial charge in [0, 0.05) is 13.0 Å². The molecule has 1 aliphatic rings. The van der Waals surface area contributed by atoms with Crippen molar-refractivity contribution in [1.29, 1.82) is 0 Å². The van der Waals surface area contributed by atoms with E-state index in [1.165, 1.54) is 0 Å². The van der Waals surface area contributed by atoms with Gasteiger partial charge in [-0.2, -0.15) is 0 Å². The molecule has 0 aromatic carbocycles. The monoisotopic (exact) mass is 167 g/mol. The van der Waals surface area contributed by atoms with Crippen LogP contribution < -0.4 is 5.32 Å². The summed E-state index contributed by atoms with van der Waals surface area (Å²) >= 11 is 0. The van der Waals surface area contributed by atoms with Crippen molar-refractivity contribution in [3.8, 4) is 12.3 Å². The zero-order chi connectivity index (χ0) is 9.03. The van der Waals surface area contributed by atoms with Crippen molar-refractivity contribution < 1.29 is 5.11 Å². The van der Waals surface area contributed by atoms with Crippen LogP contribution in [0.15, 0.2) is 0 Å². The van der Waals surface area contributed by atoms with E-state index < -0.39 is 5.60 Å². The summed E-state index contributed by atoms with van der Waals surface area (Å²) in [4.78, 5) is 0. The van der Waals surface area contributed by atoms with Crippen molar-refractivity contribution >= 4 is 0 Å². The third-order valence-electron chi connectivity index (χ3n) is 2.80. The first-order valence-corrected chi connectivity index (χ1v) is 4.55. The van der Waals surface area contributed by atoms with Gasteiger partial charge < -0.3 is 10.4 Å². The minimum absolute atomic E-state index is 0.319. The van der Waals surface area contributed by atoms with Gasteiger partial charge in [-0.25, -0.2) is 0 Å². The van der Waals surface area contributed by atoms with E-state index in [2.05, 4.69) is 18.2 Å². The summed E-state index contributed by atoms with van der Waals surface area (Å²) < 4.78 is 0. The lowest BCUT2D eigenvalue weighted by Crippen LogP contribution is -2.48. The molecule has 0 amide bonds. The molecule has 2 N–H and O–H groups in total. The van der Waals surface area contributed by atoms with Crippen LogP contribution in [0.25, 0.3) is 0 Å². The number of hydrogen-bond acceptors (Lipinski definition) is 2. The van der Waals surface area contributed by atoms with Crippen molar-refractivity contribution in [2.75, 3.05) is 13.1 Å². The Balaban J connectivity index is 2.48. The Morgan fingerprint density at radius 3 is 3.08 bits per heavy atom. The van der Waals surface area contributed by atoms with Crippen LogP contribution in [0, 0.1) is 18.3 Å². The Hall–Kier alpha value is -0.520. The fourth-order valence-electron chi connectivity index (χ4n) is 1.72. The Morgan fingerprint density at radius 1 is 1.75 bits per heavy atom. The molecule has 2 unspecified atom stereocenters. The molecule has 2 nitrogen and oxygen atoms in total. The molecule has 1 aliphatic heterocycles. The third kappa shape index (κ3) is 2.00. The van der Waals surface area contributed by atoms with E-state index in [-0.39, 0.29) is 0 Å². The second-order valence-electron chi connectivity index (χ2n) is 3.66. The van der Waals surface area contributed by atoms with Crippen LogP contribution >= 0.6 is 0 Å². The van der Waals surface area contributed by atoms with Crippen molar-refractivity contribution in [3.63, 3.8) is 0 Å². The minimum Gasteiger partial charge on any atom is -0.389 e. The van der Waals surface area contributed by atoms with Gasteiger partial charge >= 0.3 is 0 Å². The molecule has 0 aliphatic carbocycles. The number of terminal acetylenes is 1. The largest absolute Gasteiger partial charge is 0.389 e. The molecule has 12 heavy (non-hydrogen) atoms. The van der Waals surface area contributed by atoms with Crippen LogP contribution in [-0.2, 0) is 0 Å². The van der Waals surface area contributed by atoms with Gasteiger partial charge in [-0.15, -0.1) is 12.3 Å². The van der Waals surface area contributed by atoms with E-state index >= 15 is 0 Å². The van der Waals surface area contributed by atoms with Gasteiger partial charge in [0.25, 0.3) is 0 Å². The summed E-state index contributed by atoms with van der Waals surface area (Å²) in [6, 6.07) is 0. The predicted octanol–water partition coefficient (Wildman–Crippen LogP) is 0.760. The van der Waals surface area contributed by atoms with Gasteiger partial charge in [0.15, 0.2) is 0 Å². The van der Waals surface area contributed by atoms with Crippen LogP contribution in [0.3, 0.4) is 0 Å². The molecule has 1 heterocycles. The highest BCUT2D eigenvalue weighted by atomic mass is 16.3. The maximum Gasteiger partial charge on any atom is 0.0706 e. The molecule has 2 atom stereocenters. The van der Waals surface area contributed by atoms with Crippen molar-refractivity contribution in [2.24, 2.45) is 5.92 Å². The summed E-state index contributed by atoms with van der Waals surface area (Å²) in [5.74, 6) is 2.90. The van der Waals surface area contributed by atoms with Crippen LogP contribution in [0.1, 0.15) is 26.2 Å². The molecule has 0 saturated carbocycles. The minimum atomic E-state index is -0.516. The lowest BCUT2D eigenvalue weighted by molar-refractivity contribution is -0.0392. The topological polar surface area (TPSA) is 32.3 Å². The highest BCUT2D eigenvalue weighted by molar-refractivity contribution is 4.94. The van der Waals surface area contributed by atoms with Crippen LogP contribution in [0.5, 0.6) is 0 Å². The number of piperidine rings is 1. The summed E-state index contributed by atoms with van der Waals surface area (Å²) in [5.41, 5.74) is -0.516. The summed E-state index contributed by atoms with van der Waals surface area (Å²) in [5, 5.41) is 13.4. The number of aliphatic hydroxyl groups is 1. The summed E-state index contributed by atoms with van der Waals surface area (Å²) in [6.45, 7) is 3.88. The average molecular weight is 167 g/mol. The van der Waals surface area contributed by atoms with E-state index in [1.807, 2.05) is 0 Å². The van der Waals surface area contributed by atoms with Crippen molar-refractivity contribution in [3.05, 3.63) is 0 Å². The van der Waals surface area contributed by atoms with Gasteiger partial charge in [-0.3, -0.25) is 0 Å². The van der Waals surface area contributed by atoms with E-state index in [0.717, 1.165) is 25.9 Å². The van der Waals surface area contributed by atoms with Crippen LogP contribution in [0.4, 0.5) is 0 Å². The summed E-state index contributed by atoms with van der Waals surface area (Å²) in [6.07, 6.45) is 7.43. The number of nitrogens with one attached hydrogen (secondary N) is 1. The lowest BCUT2D eigenvalue weighted by Gasteiger charge is -2.38. The first-order valence-electron chi connectivity index (χ1n) is 4.55. The van der Waals surface area contributed by atoms with Gasteiger partial charge in [0.1, 0.15) is 0 Å². The average Bonchev–Trinajstić information content (AvgIpc) is 2.07. The Kier molecular flexibility index (Phi) is 3.13. The molecule has 1 rings (SSSR count). The molecule has 68 valence electrons. The molecular formula is C10H17NO. The van der Waals surface area contributed by atoms with Gasteiger partial charge in [-0.1, -0.05) is 6.92 Å². The highest BCUT2D eigenvalue weighted by Gasteiger charge is 2.34. The SMILES string of the molecule is C#CCCC1(O)CCNCC1C. The number of rotatable bonds is 2. The maximum absolute atomic E-state index is 10.1. The van der Waals surface area contributed by atoms with Gasteiger partial charge in [0.05, 0.1) is 5.60 Å². The normalized spacial score (nSPS) is 35.9. The van der Waals surface area contributed by atoms with E-state index in [1.54, 1.807) is 0 Å². The Labute approximate surface area is 74.4 Å². The van der Waals surface area contributed by atoms with E-state index in [9.17, 15) is 5.11 Å². The fraction of sp³-hybridized carbons (Fsp3) is 0.800. The van der Waals surface area contributed by atoms with Gasteiger partial charge in [-0.05, 0) is 25.3 Å². The first-order chi connectivity index (χ1) is 5.69. The third-order valence-corrected chi connectivity index (χ3v) is 2.80. The van der Waals surface area contributed by atoms with E-state index in [4.69, 9.17) is 6.42 Å². The summed E-state index contributed by atoms with van der Waals surface area (Å²) in [7, 11) is 0. The number of hydrogen-bond donors (Lipinski definition) is 2. The molecular weight excluding hydrogens is 150 g/mol. The predicted molar refractivity (Wildman–Crippen MR) is 49.7 cm³/mol. The van der Waals surface area contributed by atoms with Crippen molar-refractivity contribution in [1.82, 2.24) is 5.32 Å². The Bertz CT molecular complexity index is 185. The maximum atomic E-state index is 10.1. The molecule has 0 aromatic rings. The molecule has 0 aromatic heterocycles. The highest BCUT2D eigenvalue weighted by Crippen LogP contribution is 2.28. The first kappa shape index (κ1) is 9.57. The zero-order valence-corrected chi connectivity index (χ0v) is 7.64. The molecule has 1 saturated heterocycles. The smallest absolute Gasteiger partial charge is 0.0706 e. The quantitative estimate of drug-likeness (QED) is 0.595. The van der Waals surface area contributed by atoms with Crippen LogP contribution in [0.2, 0.25) is 0 Å². The van der Waals surface area contributed by atoms with Crippen molar-refractivity contribution in [2.45, 2.75) is 31.8 Å². The molecule has 0 radical (unpaired) electrons. The second kappa shape index (κ2) is 3.93.